The number of methoxy groups -OCH3 is 2. The number of ketones is 2. The van der Waals surface area contributed by atoms with Gasteiger partial charge in [0.05, 0.1) is 180 Å². The number of hydrogen-bond acceptors (Lipinski definition) is 33. The van der Waals surface area contributed by atoms with Crippen molar-refractivity contribution in [3.8, 4) is 0 Å². The van der Waals surface area contributed by atoms with E-state index in [0.717, 1.165) is 39.3 Å². The van der Waals surface area contributed by atoms with E-state index in [1.807, 2.05) is 61.3 Å². The van der Waals surface area contributed by atoms with Gasteiger partial charge in [-0.25, -0.2) is 19.6 Å². The molecule has 2 aromatic heterocycles. The van der Waals surface area contributed by atoms with Crippen LogP contribution >= 0.6 is 0 Å². The fourth-order valence-corrected chi connectivity index (χ4v) is 16.9. The first-order valence-electron chi connectivity index (χ1n) is 46.3. The summed E-state index contributed by atoms with van der Waals surface area (Å²) in [6.45, 7) is 18.6. The van der Waals surface area contributed by atoms with Crippen LogP contribution in [0.25, 0.3) is 10.4 Å². The number of anilines is 2. The van der Waals surface area contributed by atoms with E-state index in [1.54, 1.807) is 46.4 Å². The Kier molecular flexibility index (Phi) is 46.6. The van der Waals surface area contributed by atoms with Gasteiger partial charge in [-0.15, -0.1) is 0 Å². The molecule has 1 aromatic carbocycles. The minimum absolute atomic E-state index is 0.00554. The molecule has 2 bridgehead atoms. The van der Waals surface area contributed by atoms with Crippen molar-refractivity contribution >= 4 is 59.0 Å². The lowest BCUT2D eigenvalue weighted by molar-refractivity contribution is -0.245. The van der Waals surface area contributed by atoms with Gasteiger partial charge in [0.2, 0.25) is 11.7 Å². The van der Waals surface area contributed by atoms with Gasteiger partial charge in [0, 0.05) is 106 Å². The van der Waals surface area contributed by atoms with E-state index in [-0.39, 0.29) is 99.7 Å². The fourth-order valence-electron chi connectivity index (χ4n) is 16.9. The van der Waals surface area contributed by atoms with Crippen LogP contribution in [-0.2, 0) is 121 Å². The number of rotatable bonds is 45. The Morgan fingerprint density at radius 1 is 0.727 bits per heavy atom. The lowest BCUT2D eigenvalue weighted by atomic mass is 9.80. The van der Waals surface area contributed by atoms with Crippen LogP contribution in [0, 0.1) is 29.1 Å². The van der Waals surface area contributed by atoms with E-state index < -0.39 is 108 Å². The van der Waals surface area contributed by atoms with Crippen LogP contribution in [0.2, 0.25) is 0 Å². The molecule has 1 aliphatic carbocycles. The first kappa shape index (κ1) is 107. The van der Waals surface area contributed by atoms with Crippen LogP contribution in [0.4, 0.5) is 16.4 Å². The van der Waals surface area contributed by atoms with Crippen molar-refractivity contribution in [1.29, 1.82) is 5.41 Å². The highest BCUT2D eigenvalue weighted by atomic mass is 16.6. The number of alkyl carbamates (subject to hydrolysis) is 1. The maximum Gasteiger partial charge on any atom is 0.407 e. The number of esters is 1. The number of nitrogens with two attached hydrogens (primary N) is 2. The average molecular weight is 1850 g/mol. The van der Waals surface area contributed by atoms with Crippen LogP contribution in [0.3, 0.4) is 0 Å². The minimum atomic E-state index is -2.47. The fraction of sp³-hybridized carbons (Fsp3) is 0.670. The Balaban J connectivity index is 0.566. The molecule has 10 N–H and O–H groups in total. The van der Waals surface area contributed by atoms with E-state index in [2.05, 4.69) is 52.7 Å². The minimum Gasteiger partial charge on any atom is -0.459 e. The van der Waals surface area contributed by atoms with E-state index in [4.69, 9.17) is 87.9 Å². The summed E-state index contributed by atoms with van der Waals surface area (Å²) in [5, 5.41) is 53.7. The summed E-state index contributed by atoms with van der Waals surface area (Å²) in [6.07, 6.45) is 13.1. The van der Waals surface area contributed by atoms with Crippen molar-refractivity contribution in [2.75, 3.05) is 177 Å². The molecule has 0 spiro atoms. The number of aliphatic hydroxyl groups excluding tert-OH is 2. The summed E-state index contributed by atoms with van der Waals surface area (Å²) in [5.74, 6) is -7.04. The maximum atomic E-state index is 14.8. The molecule has 3 aromatic rings. The molecule has 38 heteroatoms. The molecule has 5 aliphatic heterocycles. The van der Waals surface area contributed by atoms with Gasteiger partial charge in [-0.1, -0.05) is 80.5 Å². The van der Waals surface area contributed by atoms with Crippen LogP contribution in [0.5, 0.6) is 0 Å². The smallest absolute Gasteiger partial charge is 0.407 e. The van der Waals surface area contributed by atoms with Crippen LogP contribution in [0.15, 0.2) is 94.5 Å². The number of ether oxygens (including phenoxy) is 15. The first-order valence-corrected chi connectivity index (χ1v) is 46.3. The molecule has 730 valence electrons. The molecule has 15 atom stereocenters. The zero-order chi connectivity index (χ0) is 94.6. The number of Topliss-reactive ketones (excluding diaryl/α,β-unsaturated/α-hetero) is 2. The largest absolute Gasteiger partial charge is 0.459 e. The van der Waals surface area contributed by atoms with E-state index in [1.165, 1.54) is 19.0 Å². The van der Waals surface area contributed by atoms with Crippen molar-refractivity contribution in [2.24, 2.45) is 39.5 Å². The van der Waals surface area contributed by atoms with Gasteiger partial charge in [0.15, 0.2) is 5.78 Å². The predicted octanol–water partition coefficient (Wildman–Crippen LogP) is 7.68. The summed E-state index contributed by atoms with van der Waals surface area (Å²) >= 11 is 0. The number of nitrogens with zero attached hydrogens (tertiary/aromatic N) is 9. The highest BCUT2D eigenvalue weighted by Gasteiger charge is 2.50. The Bertz CT molecular complexity index is 4340. The van der Waals surface area contributed by atoms with Crippen molar-refractivity contribution in [3.63, 3.8) is 0 Å². The lowest BCUT2D eigenvalue weighted by Gasteiger charge is -2.40. The zero-order valence-electron chi connectivity index (χ0n) is 77.7. The number of nitrogen functional groups attached to an aromatic ring is 1. The summed E-state index contributed by atoms with van der Waals surface area (Å²) in [7, 11) is 3.06. The Morgan fingerprint density at radius 2 is 1.38 bits per heavy atom. The van der Waals surface area contributed by atoms with Gasteiger partial charge in [-0.05, 0) is 148 Å². The third kappa shape index (κ3) is 34.7. The number of benzene rings is 1. The van der Waals surface area contributed by atoms with Crippen molar-refractivity contribution in [1.82, 2.24) is 30.1 Å². The molecule has 1 saturated carbocycles. The number of fused-ring (bicyclic) bond motifs is 5. The Labute approximate surface area is 773 Å². The second-order valence-electron chi connectivity index (χ2n) is 34.3. The number of carbonyl (C=O) groups is 6. The molecule has 132 heavy (non-hydrogen) atoms. The standard InChI is InChI=1S/C94H140N14O24/c1-62-14-9-8-10-15-63(2)79(118-6)54-73-16-13-24-94(117,132-73)88(113)91(114)108-26-12-11-17-77(108)92(115)130-80(55-75(105-106-98)64(3)49-66(5)86(111)87(112)85(110)65(4)48-62)74(95)51-67-19-21-78(81(52-67)119-7)131-93(116)100-25-29-121-31-33-123-35-37-125-39-41-127-43-45-129-47-46-128-44-42-126-40-38-124-36-34-122-32-30-120-28-23-82(109)107-27-22-69-50-68(18-20-70(69)60-107)56-102-90-83(89(97)103-61-104-90)84(96)72-53-71-57-99-59-76(71)101-58-72/h8-10,14-15,18,20,49-50,53,57-58,61-62,64-65,67,73-75,77-81,86-87,96,111-112,117H,11-13,16-17,19,21-48,51-52,54-56,59-60,95H2,1-7H3,(H,100,116)(H3,97,102,103,104)/b10-8?,14-9+,63-15?,66-49+,96-84?/t62-,64-,65-,67+,73+,74-,75?,77+,78-,79+,80+,81-,86-,87+,94-/m1/s1. The van der Waals surface area contributed by atoms with Gasteiger partial charge in [-0.2, -0.15) is 0 Å². The number of carbonyl (C=O) groups excluding carboxylic acids is 6. The summed E-state index contributed by atoms with van der Waals surface area (Å²) in [6, 6.07) is 4.95. The third-order valence-corrected chi connectivity index (χ3v) is 24.4. The number of hydrogen-bond donors (Lipinski definition) is 8. The van der Waals surface area contributed by atoms with E-state index in [9.17, 15) is 49.6 Å². The quantitative estimate of drug-likeness (QED) is 0.00393. The van der Waals surface area contributed by atoms with Crippen LogP contribution in [-0.4, -0.2) is 320 Å². The topological polar surface area (TPSA) is 508 Å². The number of cyclic esters (lactones) is 1. The van der Waals surface area contributed by atoms with E-state index in [0.29, 0.717) is 213 Å². The predicted molar refractivity (Wildman–Crippen MR) is 488 cm³/mol. The molecule has 1 unspecified atom stereocenters. The van der Waals surface area contributed by atoms with E-state index >= 15 is 0 Å². The van der Waals surface area contributed by atoms with Gasteiger partial charge < -0.3 is 118 Å². The van der Waals surface area contributed by atoms with Crippen LogP contribution < -0.4 is 22.1 Å². The molecular weight excluding hydrogens is 1710 g/mol. The molecule has 7 heterocycles. The van der Waals surface area contributed by atoms with Crippen LogP contribution in [0.1, 0.15) is 164 Å². The molecular formula is C94H140N14O24. The summed E-state index contributed by atoms with van der Waals surface area (Å²) in [4.78, 5) is 107. The molecule has 3 amide bonds. The summed E-state index contributed by atoms with van der Waals surface area (Å²) in [5.41, 5.74) is 30.7. The molecule has 38 nitrogen and oxygen atoms in total. The Hall–Kier alpha value is -9.00. The SMILES string of the molecule is CO[C@H]1C[C@@H]2CCC[C@@](O)(O2)C(=O)C(=O)N2CCCC[C@H]2C(=O)O[C@H]([C@H](N)C[C@@H]2CC[C@@H](OC(=O)NCCOCCOCCOCCOCCOCCOCCOCCOCCOCCOCCC(=O)N3CCc4cc(CNc5ncnc(N)c5C(=N)c5cnc6c(c5)C=NC6)ccc4C3)[C@H](OC)C2)CC(N=[N+]=[N-])[C@H](C)/C=C(\C)[C@@H](O)[C@@H](O)C(=O)[C@H](C)C[C@H](C)/C=C/C=CC=C1C. The normalized spacial score (nSPS) is 25.8. The maximum absolute atomic E-state index is 14.8. The molecule has 2 saturated heterocycles. The average Bonchev–Trinajstić information content (AvgIpc) is 0.878. The number of aliphatic hydroxyl groups is 3. The third-order valence-electron chi connectivity index (χ3n) is 24.4. The molecule has 9 rings (SSSR count). The molecule has 0 radical (unpaired) electrons. The second-order valence-corrected chi connectivity index (χ2v) is 34.3. The highest BCUT2D eigenvalue weighted by Crippen LogP contribution is 2.37. The van der Waals surface area contributed by atoms with Crippen molar-refractivity contribution in [2.45, 2.75) is 217 Å². The second kappa shape index (κ2) is 57.7. The van der Waals surface area contributed by atoms with Crippen molar-refractivity contribution < 1.29 is 115 Å². The number of allylic oxidation sites excluding steroid dienone is 5. The number of amides is 3. The number of pyridine rings is 1. The Morgan fingerprint density at radius 3 is 2.02 bits per heavy atom. The number of aromatic nitrogens is 3. The van der Waals surface area contributed by atoms with Gasteiger partial charge in [0.1, 0.15) is 48.4 Å². The van der Waals surface area contributed by atoms with Gasteiger partial charge in [-0.3, -0.25) is 34.6 Å². The number of piperidine rings is 1. The monoisotopic (exact) mass is 1850 g/mol. The van der Waals surface area contributed by atoms with Gasteiger partial charge >= 0.3 is 12.1 Å². The molecule has 6 aliphatic rings. The summed E-state index contributed by atoms with van der Waals surface area (Å²) < 4.78 is 86.2. The number of azide groups is 1. The zero-order valence-corrected chi connectivity index (χ0v) is 77.7. The first-order chi connectivity index (χ1) is 63.9. The highest BCUT2D eigenvalue weighted by molar-refractivity contribution is 6.39. The molecule has 3 fully saturated rings. The van der Waals surface area contributed by atoms with Gasteiger partial charge in [0.25, 0.3) is 11.7 Å². The van der Waals surface area contributed by atoms with Crippen molar-refractivity contribution in [3.05, 3.63) is 134 Å². The number of aliphatic imine (C=N–C) groups is 1. The number of nitrogens with one attached hydrogen (secondary N) is 3. The lowest BCUT2D eigenvalue weighted by Crippen LogP contribution is -2.58.